The highest BCUT2D eigenvalue weighted by Gasteiger charge is 2.46. The number of anilines is 1. The summed E-state index contributed by atoms with van der Waals surface area (Å²) in [4.78, 5) is 33.2. The molecule has 0 saturated carbocycles. The van der Waals surface area contributed by atoms with Crippen LogP contribution in [0.5, 0.6) is 11.8 Å². The monoisotopic (exact) mass is 651 g/mol. The van der Waals surface area contributed by atoms with Gasteiger partial charge in [-0.1, -0.05) is 12.0 Å². The highest BCUT2D eigenvalue weighted by molar-refractivity contribution is 6.36. The Kier molecular flexibility index (Phi) is 7.21. The number of hydrogen-bond donors (Lipinski definition) is 2. The summed E-state index contributed by atoms with van der Waals surface area (Å²) >= 11 is 0. The average molecular weight is 652 g/mol. The van der Waals surface area contributed by atoms with Crippen LogP contribution in [0.15, 0.2) is 30.5 Å². The van der Waals surface area contributed by atoms with Gasteiger partial charge in [0.2, 0.25) is 0 Å². The third kappa shape index (κ3) is 4.74. The number of pyridine rings is 1. The molecular weight excluding hydrogens is 616 g/mol. The van der Waals surface area contributed by atoms with Crippen LogP contribution in [-0.2, 0) is 4.79 Å². The molecule has 0 spiro atoms. The first-order valence-electron chi connectivity index (χ1n) is 16.5. The van der Waals surface area contributed by atoms with Crippen molar-refractivity contribution in [3.05, 3.63) is 47.7 Å². The first-order valence-corrected chi connectivity index (χ1v) is 16.5. The van der Waals surface area contributed by atoms with Crippen molar-refractivity contribution in [1.29, 1.82) is 5.41 Å². The van der Waals surface area contributed by atoms with Crippen molar-refractivity contribution in [2.24, 2.45) is 0 Å². The summed E-state index contributed by atoms with van der Waals surface area (Å²) in [6, 6.07) is 5.26. The summed E-state index contributed by atoms with van der Waals surface area (Å²) in [5, 5.41) is 19.6. The molecule has 4 aliphatic rings. The zero-order valence-corrected chi connectivity index (χ0v) is 26.6. The molecule has 10 nitrogen and oxygen atoms in total. The van der Waals surface area contributed by atoms with Gasteiger partial charge in [0.1, 0.15) is 35.2 Å². The third-order valence-electron chi connectivity index (χ3n) is 10.7. The second-order valence-corrected chi connectivity index (χ2v) is 13.5. The van der Waals surface area contributed by atoms with Gasteiger partial charge in [-0.05, 0) is 82.1 Å². The van der Waals surface area contributed by atoms with Gasteiger partial charge in [-0.25, -0.2) is 8.78 Å². The molecule has 2 bridgehead atoms. The number of benzene rings is 2. The number of terminal acetylenes is 1. The largest absolute Gasteiger partial charge is 0.508 e. The fourth-order valence-corrected chi connectivity index (χ4v) is 8.53. The van der Waals surface area contributed by atoms with Crippen molar-refractivity contribution in [2.45, 2.75) is 63.1 Å². The quantitative estimate of drug-likeness (QED) is 0.220. The molecule has 1 unspecified atom stereocenters. The zero-order valence-electron chi connectivity index (χ0n) is 26.6. The van der Waals surface area contributed by atoms with E-state index < -0.39 is 11.6 Å². The predicted octanol–water partition coefficient (Wildman–Crippen LogP) is 5.04. The molecule has 2 N–H and O–H groups in total. The Balaban J connectivity index is 1.26. The van der Waals surface area contributed by atoms with Crippen molar-refractivity contribution in [3.63, 3.8) is 0 Å². The Labute approximate surface area is 276 Å². The van der Waals surface area contributed by atoms with E-state index in [-0.39, 0.29) is 68.7 Å². The van der Waals surface area contributed by atoms with Gasteiger partial charge in [0, 0.05) is 30.2 Å². The lowest BCUT2D eigenvalue weighted by Crippen LogP contribution is -2.57. The first kappa shape index (κ1) is 30.4. The van der Waals surface area contributed by atoms with Crippen LogP contribution in [-0.4, -0.2) is 91.9 Å². The van der Waals surface area contributed by atoms with Crippen LogP contribution in [0.1, 0.15) is 51.0 Å². The van der Waals surface area contributed by atoms with Gasteiger partial charge in [-0.2, -0.15) is 9.97 Å². The molecule has 0 aliphatic carbocycles. The Morgan fingerprint density at radius 2 is 1.88 bits per heavy atom. The Morgan fingerprint density at radius 1 is 1.15 bits per heavy atom. The van der Waals surface area contributed by atoms with Crippen molar-refractivity contribution >= 4 is 39.1 Å². The minimum Gasteiger partial charge on any atom is -0.508 e. The molecule has 2 aromatic heterocycles. The standard InChI is InChI=1S/C36H35F2N7O3/c1-3-25-28(37)9-6-21-14-24(46)15-26(29(21)25)31-30(38)32-27(16-40-31)33(43-17-22-7-8-23(18-43)45(22)34(47)20(2)39)42-35(41-32)48-19-36-10-4-12-44(36)13-5-11-36/h1,6,9,14-16,22-23,39,46H,4-5,7-8,10-13,17-19H2,2H3/t22-,23?/m1/s1. The summed E-state index contributed by atoms with van der Waals surface area (Å²) in [5.41, 5.74) is -0.180. The van der Waals surface area contributed by atoms with Crippen molar-refractivity contribution in [3.8, 4) is 35.4 Å². The van der Waals surface area contributed by atoms with Crippen molar-refractivity contribution < 1.29 is 23.4 Å². The lowest BCUT2D eigenvalue weighted by Gasteiger charge is -2.41. The minimum absolute atomic E-state index is 0.00177. The highest BCUT2D eigenvalue weighted by atomic mass is 19.1. The van der Waals surface area contributed by atoms with Crippen LogP contribution >= 0.6 is 0 Å². The van der Waals surface area contributed by atoms with E-state index in [9.17, 15) is 14.3 Å². The number of amides is 1. The molecule has 8 rings (SSSR count). The summed E-state index contributed by atoms with van der Waals surface area (Å²) in [6.07, 6.45) is 13.0. The number of carbonyl (C=O) groups excluding carboxylic acids is 1. The molecule has 4 aliphatic heterocycles. The van der Waals surface area contributed by atoms with Gasteiger partial charge in [0.05, 0.1) is 34.3 Å². The number of aromatic nitrogens is 3. The maximum absolute atomic E-state index is 16.9. The van der Waals surface area contributed by atoms with E-state index in [0.717, 1.165) is 51.6 Å². The number of piperazine rings is 1. The van der Waals surface area contributed by atoms with Gasteiger partial charge < -0.3 is 19.6 Å². The Morgan fingerprint density at radius 3 is 2.56 bits per heavy atom. The van der Waals surface area contributed by atoms with Gasteiger partial charge in [0.15, 0.2) is 5.82 Å². The van der Waals surface area contributed by atoms with E-state index in [4.69, 9.17) is 21.6 Å². The highest BCUT2D eigenvalue weighted by Crippen LogP contribution is 2.42. The number of phenols is 1. The molecule has 1 amide bonds. The van der Waals surface area contributed by atoms with Crippen LogP contribution in [0.4, 0.5) is 14.6 Å². The van der Waals surface area contributed by atoms with Crippen LogP contribution in [0.25, 0.3) is 32.9 Å². The minimum atomic E-state index is -0.780. The average Bonchev–Trinajstić information content (AvgIpc) is 3.73. The van der Waals surface area contributed by atoms with Gasteiger partial charge in [0.25, 0.3) is 5.91 Å². The number of rotatable bonds is 6. The Hall–Kier alpha value is -4.89. The van der Waals surface area contributed by atoms with Crippen molar-refractivity contribution in [1.82, 2.24) is 24.8 Å². The maximum Gasteiger partial charge on any atom is 0.319 e. The van der Waals surface area contributed by atoms with Gasteiger partial charge >= 0.3 is 6.01 Å². The zero-order chi connectivity index (χ0) is 33.3. The van der Waals surface area contributed by atoms with E-state index in [1.165, 1.54) is 37.4 Å². The molecule has 0 radical (unpaired) electrons. The van der Waals surface area contributed by atoms with Crippen LogP contribution < -0.4 is 9.64 Å². The number of nitrogens with zero attached hydrogens (tertiary/aromatic N) is 6. The number of halogens is 2. The third-order valence-corrected chi connectivity index (χ3v) is 10.7. The summed E-state index contributed by atoms with van der Waals surface area (Å²) < 4.78 is 38.1. The molecule has 48 heavy (non-hydrogen) atoms. The lowest BCUT2D eigenvalue weighted by atomic mass is 9.95. The SMILES string of the molecule is C#Cc1c(F)ccc2cc(O)cc(-c3ncc4c(N5CC6CC[C@H](C5)N6C(=O)C(C)=N)nc(OCC56CCCN5CCC6)nc4c3F)c12. The normalized spacial score (nSPS) is 21.5. The van der Waals surface area contributed by atoms with E-state index >= 15 is 4.39 Å². The molecule has 12 heteroatoms. The first-order chi connectivity index (χ1) is 23.2. The number of ether oxygens (including phenoxy) is 1. The van der Waals surface area contributed by atoms with Crippen LogP contribution in [0.3, 0.4) is 0 Å². The molecule has 2 atom stereocenters. The van der Waals surface area contributed by atoms with E-state index in [2.05, 4.69) is 20.8 Å². The topological polar surface area (TPSA) is 119 Å². The smallest absolute Gasteiger partial charge is 0.319 e. The number of fused-ring (bicyclic) bond motifs is 5. The number of hydrogen-bond acceptors (Lipinski definition) is 9. The summed E-state index contributed by atoms with van der Waals surface area (Å²) in [7, 11) is 0. The van der Waals surface area contributed by atoms with Gasteiger partial charge in [-0.3, -0.25) is 20.1 Å². The molecule has 246 valence electrons. The number of aromatic hydroxyl groups is 1. The molecule has 4 saturated heterocycles. The molecule has 6 heterocycles. The predicted molar refractivity (Wildman–Crippen MR) is 177 cm³/mol. The van der Waals surface area contributed by atoms with Crippen LogP contribution in [0, 0.1) is 29.4 Å². The second kappa shape index (κ2) is 11.4. The number of nitrogens with one attached hydrogen (secondary N) is 1. The number of phenolic OH excluding ortho intramolecular Hbond substituents is 1. The fourth-order valence-electron chi connectivity index (χ4n) is 8.53. The Bertz CT molecular complexity index is 2040. The van der Waals surface area contributed by atoms with E-state index in [1.807, 2.05) is 4.90 Å². The van der Waals surface area contributed by atoms with E-state index in [1.54, 1.807) is 4.90 Å². The van der Waals surface area contributed by atoms with E-state index in [0.29, 0.717) is 36.3 Å². The molecule has 2 aromatic carbocycles. The maximum atomic E-state index is 16.9. The second-order valence-electron chi connectivity index (χ2n) is 13.5. The summed E-state index contributed by atoms with van der Waals surface area (Å²) in [5.74, 6) is 0.982. The fraction of sp³-hybridized carbons (Fsp3) is 0.417. The molecule has 4 fully saturated rings. The van der Waals surface area contributed by atoms with Crippen molar-refractivity contribution in [2.75, 3.05) is 37.7 Å². The lowest BCUT2D eigenvalue weighted by molar-refractivity contribution is -0.127. The van der Waals surface area contributed by atoms with Gasteiger partial charge in [-0.15, -0.1) is 6.42 Å². The van der Waals surface area contributed by atoms with Crippen LogP contribution in [0.2, 0.25) is 0 Å². The summed E-state index contributed by atoms with van der Waals surface area (Å²) in [6.45, 7) is 4.83. The number of carbonyl (C=O) groups is 1. The molecular formula is C36H35F2N7O3. The molecule has 4 aromatic rings.